The van der Waals surface area contributed by atoms with E-state index in [0.29, 0.717) is 0 Å². The Morgan fingerprint density at radius 1 is 1.00 bits per heavy atom. The van der Waals surface area contributed by atoms with Gasteiger partial charge in [-0.05, 0) is 48.5 Å². The number of ether oxygens (including phenoxy) is 3. The average molecular weight is 275 g/mol. The van der Waals surface area contributed by atoms with E-state index in [1.807, 2.05) is 48.5 Å². The highest BCUT2D eigenvalue weighted by molar-refractivity contribution is 4.92. The van der Waals surface area contributed by atoms with Crippen LogP contribution in [0, 0.1) is 0 Å². The van der Waals surface area contributed by atoms with Crippen LogP contribution >= 0.6 is 0 Å². The minimum Gasteiger partial charge on any atom is -0.388 e. The van der Waals surface area contributed by atoms with Crippen molar-refractivity contribution in [1.82, 2.24) is 0 Å². The lowest BCUT2D eigenvalue weighted by molar-refractivity contribution is -0.297. The zero-order valence-corrected chi connectivity index (χ0v) is 13.1. The maximum Gasteiger partial charge on any atom is 0.176 e. The van der Waals surface area contributed by atoms with Crippen LogP contribution in [0.1, 0.15) is 48.5 Å². The van der Waals surface area contributed by atoms with Crippen LogP contribution in [-0.4, -0.2) is 47.0 Å². The molecule has 1 fully saturated rings. The molecule has 5 unspecified atom stereocenters. The highest BCUT2D eigenvalue weighted by Gasteiger charge is 2.45. The van der Waals surface area contributed by atoms with E-state index in [1.54, 1.807) is 0 Å². The standard InChI is InChI=1S/C14H29NO4/c1-8-11(18-13(2,3)4)10(16)9(15)12(17-8)19-14(5,6)7/h8-12,16H,15H2,1-7H3. The molecule has 1 rings (SSSR count). The summed E-state index contributed by atoms with van der Waals surface area (Å²) in [5.41, 5.74) is 5.29. The number of rotatable bonds is 2. The minimum absolute atomic E-state index is 0.277. The fraction of sp³-hybridized carbons (Fsp3) is 1.00. The topological polar surface area (TPSA) is 73.9 Å². The van der Waals surface area contributed by atoms with Crippen LogP contribution in [0.2, 0.25) is 0 Å². The molecule has 0 aliphatic carbocycles. The van der Waals surface area contributed by atoms with E-state index < -0.39 is 24.5 Å². The first-order chi connectivity index (χ1) is 8.41. The van der Waals surface area contributed by atoms with Crippen LogP contribution in [0.15, 0.2) is 0 Å². The SMILES string of the molecule is CC1OC(OC(C)(C)C)C(N)C(O)C1OC(C)(C)C. The second kappa shape index (κ2) is 5.66. The zero-order valence-electron chi connectivity index (χ0n) is 13.1. The summed E-state index contributed by atoms with van der Waals surface area (Å²) in [7, 11) is 0. The predicted molar refractivity (Wildman–Crippen MR) is 73.8 cm³/mol. The van der Waals surface area contributed by atoms with Gasteiger partial charge in [0.1, 0.15) is 12.2 Å². The Hall–Kier alpha value is -0.200. The van der Waals surface area contributed by atoms with Gasteiger partial charge in [-0.3, -0.25) is 0 Å². The molecule has 1 aliphatic heterocycles. The molecule has 1 saturated heterocycles. The lowest BCUT2D eigenvalue weighted by atomic mass is 9.96. The zero-order chi connectivity index (χ0) is 15.0. The Bertz CT molecular complexity index is 295. The largest absolute Gasteiger partial charge is 0.388 e. The number of hydrogen-bond donors (Lipinski definition) is 2. The Kier molecular flexibility index (Phi) is 5.02. The highest BCUT2D eigenvalue weighted by atomic mass is 16.7. The quantitative estimate of drug-likeness (QED) is 0.797. The number of nitrogens with two attached hydrogens (primary N) is 1. The van der Waals surface area contributed by atoms with Crippen molar-refractivity contribution in [2.24, 2.45) is 5.73 Å². The minimum atomic E-state index is -0.810. The molecule has 5 heteroatoms. The van der Waals surface area contributed by atoms with E-state index in [9.17, 15) is 5.11 Å². The van der Waals surface area contributed by atoms with E-state index in [0.717, 1.165) is 0 Å². The molecule has 0 saturated carbocycles. The van der Waals surface area contributed by atoms with Crippen molar-refractivity contribution in [1.29, 1.82) is 0 Å². The third kappa shape index (κ3) is 5.00. The molecule has 19 heavy (non-hydrogen) atoms. The molecule has 1 heterocycles. The van der Waals surface area contributed by atoms with E-state index in [1.165, 1.54) is 0 Å². The van der Waals surface area contributed by atoms with Crippen LogP contribution in [0.5, 0.6) is 0 Å². The van der Waals surface area contributed by atoms with Crippen LogP contribution in [-0.2, 0) is 14.2 Å². The lowest BCUT2D eigenvalue weighted by Gasteiger charge is -2.45. The van der Waals surface area contributed by atoms with Gasteiger partial charge in [0, 0.05) is 0 Å². The number of aliphatic hydroxyl groups is 1. The second-order valence-electron chi connectivity index (χ2n) is 7.20. The lowest BCUT2D eigenvalue weighted by Crippen LogP contribution is -2.63. The molecule has 1 aliphatic rings. The monoisotopic (exact) mass is 275 g/mol. The summed E-state index contributed by atoms with van der Waals surface area (Å²) >= 11 is 0. The molecule has 0 radical (unpaired) electrons. The van der Waals surface area contributed by atoms with Crippen LogP contribution in [0.4, 0.5) is 0 Å². The molecule has 0 aromatic rings. The predicted octanol–water partition coefficient (Wildman–Crippen LogP) is 1.42. The van der Waals surface area contributed by atoms with Gasteiger partial charge in [-0.15, -0.1) is 0 Å². The van der Waals surface area contributed by atoms with Gasteiger partial charge in [-0.25, -0.2) is 0 Å². The van der Waals surface area contributed by atoms with E-state index >= 15 is 0 Å². The molecule has 5 atom stereocenters. The van der Waals surface area contributed by atoms with Crippen LogP contribution < -0.4 is 5.73 Å². The summed E-state index contributed by atoms with van der Waals surface area (Å²) in [5, 5.41) is 10.3. The number of aliphatic hydroxyl groups excluding tert-OH is 1. The first kappa shape index (κ1) is 16.9. The maximum atomic E-state index is 10.3. The molecule has 5 nitrogen and oxygen atoms in total. The van der Waals surface area contributed by atoms with Gasteiger partial charge < -0.3 is 25.1 Å². The molecule has 0 amide bonds. The van der Waals surface area contributed by atoms with Crippen LogP contribution in [0.25, 0.3) is 0 Å². The van der Waals surface area contributed by atoms with Crippen LogP contribution in [0.3, 0.4) is 0 Å². The van der Waals surface area contributed by atoms with E-state index in [2.05, 4.69) is 0 Å². The van der Waals surface area contributed by atoms with Gasteiger partial charge >= 0.3 is 0 Å². The van der Waals surface area contributed by atoms with Gasteiger partial charge in [0.2, 0.25) is 0 Å². The molecule has 114 valence electrons. The van der Waals surface area contributed by atoms with Crippen molar-refractivity contribution in [3.05, 3.63) is 0 Å². The van der Waals surface area contributed by atoms with Gasteiger partial charge in [0.25, 0.3) is 0 Å². The molecule has 0 aromatic heterocycles. The molecular formula is C14H29NO4. The summed E-state index contributed by atoms with van der Waals surface area (Å²) in [4.78, 5) is 0. The average Bonchev–Trinajstić information content (AvgIpc) is 2.17. The smallest absolute Gasteiger partial charge is 0.176 e. The Morgan fingerprint density at radius 2 is 1.47 bits per heavy atom. The molecule has 3 N–H and O–H groups in total. The van der Waals surface area contributed by atoms with E-state index in [4.69, 9.17) is 19.9 Å². The summed E-state index contributed by atoms with van der Waals surface area (Å²) in [6, 6.07) is -0.622. The summed E-state index contributed by atoms with van der Waals surface area (Å²) in [5.74, 6) is 0. The third-order valence-corrected chi connectivity index (χ3v) is 2.82. The van der Waals surface area contributed by atoms with E-state index in [-0.39, 0.29) is 17.3 Å². The fourth-order valence-corrected chi connectivity index (χ4v) is 2.07. The van der Waals surface area contributed by atoms with Gasteiger partial charge in [0.05, 0.1) is 23.3 Å². The summed E-state index contributed by atoms with van der Waals surface area (Å²) in [6.45, 7) is 13.5. The normalized spacial score (nSPS) is 37.4. The first-order valence-electron chi connectivity index (χ1n) is 6.85. The van der Waals surface area contributed by atoms with Crippen molar-refractivity contribution in [3.63, 3.8) is 0 Å². The summed E-state index contributed by atoms with van der Waals surface area (Å²) < 4.78 is 17.4. The van der Waals surface area contributed by atoms with Crippen molar-refractivity contribution < 1.29 is 19.3 Å². The van der Waals surface area contributed by atoms with Crippen molar-refractivity contribution in [2.75, 3.05) is 0 Å². The maximum absolute atomic E-state index is 10.3. The highest BCUT2D eigenvalue weighted by Crippen LogP contribution is 2.28. The molecule has 0 aromatic carbocycles. The summed E-state index contributed by atoms with van der Waals surface area (Å²) in [6.07, 6.45) is -2.16. The third-order valence-electron chi connectivity index (χ3n) is 2.82. The van der Waals surface area contributed by atoms with Crippen molar-refractivity contribution in [2.45, 2.75) is 90.3 Å². The van der Waals surface area contributed by atoms with Gasteiger partial charge in [0.15, 0.2) is 6.29 Å². The number of hydrogen-bond acceptors (Lipinski definition) is 5. The molecular weight excluding hydrogens is 246 g/mol. The van der Waals surface area contributed by atoms with Crippen molar-refractivity contribution >= 4 is 0 Å². The van der Waals surface area contributed by atoms with Gasteiger partial charge in [-0.1, -0.05) is 0 Å². The second-order valence-corrected chi connectivity index (χ2v) is 7.20. The van der Waals surface area contributed by atoms with Gasteiger partial charge in [-0.2, -0.15) is 0 Å². The Morgan fingerprint density at radius 3 is 1.89 bits per heavy atom. The first-order valence-corrected chi connectivity index (χ1v) is 6.85. The Balaban J connectivity index is 2.75. The van der Waals surface area contributed by atoms with Crippen molar-refractivity contribution in [3.8, 4) is 0 Å². The molecule has 0 spiro atoms. The fourth-order valence-electron chi connectivity index (χ4n) is 2.07. The molecule has 0 bridgehead atoms. The Labute approximate surface area is 116 Å².